The van der Waals surface area contributed by atoms with Crippen LogP contribution in [0.1, 0.15) is 32.1 Å². The molecule has 0 bridgehead atoms. The fraction of sp³-hybridized carbons (Fsp3) is 0.778. The minimum absolute atomic E-state index is 0.0805. The average molecular weight is 156 g/mol. The second-order valence-electron chi connectivity index (χ2n) is 3.11. The largest absolute Gasteiger partial charge is 0.481 e. The van der Waals surface area contributed by atoms with E-state index in [1.165, 1.54) is 39.2 Å². The third kappa shape index (κ3) is 2.83. The van der Waals surface area contributed by atoms with E-state index in [2.05, 4.69) is 4.74 Å². The molecule has 0 aliphatic heterocycles. The van der Waals surface area contributed by atoms with Gasteiger partial charge in [-0.3, -0.25) is 0 Å². The molecular formula is C9H16O2. The van der Waals surface area contributed by atoms with Crippen molar-refractivity contribution in [1.29, 1.82) is 0 Å². The van der Waals surface area contributed by atoms with Crippen LogP contribution in [-0.4, -0.2) is 12.2 Å². The van der Waals surface area contributed by atoms with Gasteiger partial charge in [0.15, 0.2) is 0 Å². The Hall–Kier alpha value is -0.660. The smallest absolute Gasteiger partial charge is 0.272 e. The number of allylic oxidation sites excluding steroid dienone is 1. The van der Waals surface area contributed by atoms with Gasteiger partial charge in [-0.2, -0.15) is 0 Å². The highest BCUT2D eigenvalue weighted by Crippen LogP contribution is 2.25. The lowest BCUT2D eigenvalue weighted by Crippen LogP contribution is -2.04. The van der Waals surface area contributed by atoms with Crippen molar-refractivity contribution in [2.75, 3.05) is 7.11 Å². The first kappa shape index (κ1) is 8.44. The van der Waals surface area contributed by atoms with Gasteiger partial charge in [-0.1, -0.05) is 19.3 Å². The number of aliphatic hydroxyl groups is 1. The lowest BCUT2D eigenvalue weighted by atomic mass is 9.89. The van der Waals surface area contributed by atoms with Crippen LogP contribution in [0.25, 0.3) is 0 Å². The van der Waals surface area contributed by atoms with E-state index in [4.69, 9.17) is 5.11 Å². The van der Waals surface area contributed by atoms with E-state index in [-0.39, 0.29) is 5.95 Å². The van der Waals surface area contributed by atoms with Crippen LogP contribution in [0.3, 0.4) is 0 Å². The summed E-state index contributed by atoms with van der Waals surface area (Å²) in [5.74, 6) is 0.626. The fourth-order valence-corrected chi connectivity index (χ4v) is 1.57. The molecule has 2 nitrogen and oxygen atoms in total. The monoisotopic (exact) mass is 156 g/mol. The molecule has 11 heavy (non-hydrogen) atoms. The SMILES string of the molecule is CO/C(O)=C/C1CCCCC1. The molecule has 1 aliphatic carbocycles. The summed E-state index contributed by atoms with van der Waals surface area (Å²) in [4.78, 5) is 0. The fourth-order valence-electron chi connectivity index (χ4n) is 1.57. The van der Waals surface area contributed by atoms with Gasteiger partial charge in [0.25, 0.3) is 5.95 Å². The van der Waals surface area contributed by atoms with Crippen LogP contribution in [0.2, 0.25) is 0 Å². The van der Waals surface area contributed by atoms with Gasteiger partial charge in [0.2, 0.25) is 0 Å². The molecule has 0 aromatic rings. The maximum absolute atomic E-state index is 9.05. The number of hydrogen-bond donors (Lipinski definition) is 1. The van der Waals surface area contributed by atoms with Crippen LogP contribution in [0.4, 0.5) is 0 Å². The Morgan fingerprint density at radius 1 is 1.36 bits per heavy atom. The molecule has 0 radical (unpaired) electrons. The molecule has 1 aliphatic rings. The van der Waals surface area contributed by atoms with Crippen molar-refractivity contribution in [3.8, 4) is 0 Å². The van der Waals surface area contributed by atoms with E-state index in [1.807, 2.05) is 6.08 Å². The maximum atomic E-state index is 9.05. The standard InChI is InChI=1S/C9H16O2/c1-11-9(10)7-8-5-3-2-4-6-8/h7-8,10H,2-6H2,1H3/b9-7+. The van der Waals surface area contributed by atoms with E-state index in [0.717, 1.165) is 0 Å². The van der Waals surface area contributed by atoms with Crippen LogP contribution >= 0.6 is 0 Å². The van der Waals surface area contributed by atoms with E-state index >= 15 is 0 Å². The number of rotatable bonds is 2. The third-order valence-corrected chi connectivity index (χ3v) is 2.24. The lowest BCUT2D eigenvalue weighted by molar-refractivity contribution is 0.131. The zero-order chi connectivity index (χ0) is 8.10. The first-order valence-corrected chi connectivity index (χ1v) is 4.27. The van der Waals surface area contributed by atoms with Crippen molar-refractivity contribution in [2.45, 2.75) is 32.1 Å². The van der Waals surface area contributed by atoms with Gasteiger partial charge in [0, 0.05) is 0 Å². The van der Waals surface area contributed by atoms with Crippen molar-refractivity contribution in [1.82, 2.24) is 0 Å². The summed E-state index contributed by atoms with van der Waals surface area (Å²) in [5, 5.41) is 9.05. The normalized spacial score (nSPS) is 21.7. The minimum atomic E-state index is 0.0805. The Kier molecular flexibility index (Phi) is 3.27. The van der Waals surface area contributed by atoms with Crippen LogP contribution in [0.5, 0.6) is 0 Å². The molecule has 1 rings (SSSR count). The number of aliphatic hydroxyl groups excluding tert-OH is 1. The van der Waals surface area contributed by atoms with Crippen molar-refractivity contribution in [3.63, 3.8) is 0 Å². The van der Waals surface area contributed by atoms with Gasteiger partial charge in [0.05, 0.1) is 7.11 Å². The Morgan fingerprint density at radius 2 is 2.00 bits per heavy atom. The molecule has 0 saturated heterocycles. The van der Waals surface area contributed by atoms with Crippen LogP contribution < -0.4 is 0 Å². The molecule has 0 amide bonds. The summed E-state index contributed by atoms with van der Waals surface area (Å²) in [6.45, 7) is 0. The molecule has 0 aromatic heterocycles. The van der Waals surface area contributed by atoms with Crippen LogP contribution in [0.15, 0.2) is 12.0 Å². The summed E-state index contributed by atoms with van der Waals surface area (Å²) < 4.78 is 4.67. The van der Waals surface area contributed by atoms with E-state index in [9.17, 15) is 0 Å². The quantitative estimate of drug-likeness (QED) is 0.623. The van der Waals surface area contributed by atoms with Gasteiger partial charge in [0.1, 0.15) is 0 Å². The average Bonchev–Trinajstić information content (AvgIpc) is 2.06. The highest BCUT2D eigenvalue weighted by atomic mass is 16.6. The van der Waals surface area contributed by atoms with Gasteiger partial charge in [-0.05, 0) is 24.8 Å². The molecular weight excluding hydrogens is 140 g/mol. The summed E-state index contributed by atoms with van der Waals surface area (Å²) in [7, 11) is 1.49. The summed E-state index contributed by atoms with van der Waals surface area (Å²) >= 11 is 0. The first-order valence-electron chi connectivity index (χ1n) is 4.27. The zero-order valence-corrected chi connectivity index (χ0v) is 7.05. The summed E-state index contributed by atoms with van der Waals surface area (Å²) in [6, 6.07) is 0. The Balaban J connectivity index is 2.34. The maximum Gasteiger partial charge on any atom is 0.272 e. The van der Waals surface area contributed by atoms with Gasteiger partial charge in [-0.25, -0.2) is 0 Å². The second-order valence-corrected chi connectivity index (χ2v) is 3.11. The topological polar surface area (TPSA) is 29.5 Å². The zero-order valence-electron chi connectivity index (χ0n) is 7.05. The van der Waals surface area contributed by atoms with E-state index in [1.54, 1.807) is 0 Å². The molecule has 0 aromatic carbocycles. The van der Waals surface area contributed by atoms with Gasteiger partial charge in [-0.15, -0.1) is 0 Å². The highest BCUT2D eigenvalue weighted by Gasteiger charge is 2.11. The van der Waals surface area contributed by atoms with Crippen molar-refractivity contribution >= 4 is 0 Å². The van der Waals surface area contributed by atoms with Crippen molar-refractivity contribution < 1.29 is 9.84 Å². The summed E-state index contributed by atoms with van der Waals surface area (Å²) in [5.41, 5.74) is 0. The van der Waals surface area contributed by atoms with Gasteiger partial charge >= 0.3 is 0 Å². The molecule has 1 fully saturated rings. The van der Waals surface area contributed by atoms with Gasteiger partial charge < -0.3 is 9.84 Å². The third-order valence-electron chi connectivity index (χ3n) is 2.24. The number of ether oxygens (including phenoxy) is 1. The number of hydrogen-bond acceptors (Lipinski definition) is 2. The Morgan fingerprint density at radius 3 is 2.55 bits per heavy atom. The molecule has 0 unspecified atom stereocenters. The molecule has 0 spiro atoms. The first-order chi connectivity index (χ1) is 5.33. The van der Waals surface area contributed by atoms with Crippen LogP contribution in [0, 0.1) is 5.92 Å². The molecule has 0 heterocycles. The highest BCUT2D eigenvalue weighted by molar-refractivity contribution is 4.89. The number of methoxy groups -OCH3 is 1. The van der Waals surface area contributed by atoms with E-state index < -0.39 is 0 Å². The molecule has 1 N–H and O–H groups in total. The van der Waals surface area contributed by atoms with E-state index in [0.29, 0.717) is 5.92 Å². The summed E-state index contributed by atoms with van der Waals surface area (Å²) in [6.07, 6.45) is 8.16. The molecule has 2 heteroatoms. The van der Waals surface area contributed by atoms with Crippen molar-refractivity contribution in [2.24, 2.45) is 5.92 Å². The minimum Gasteiger partial charge on any atom is -0.481 e. The Bertz CT molecular complexity index is 134. The predicted octanol–water partition coefficient (Wildman–Crippen LogP) is 2.61. The lowest BCUT2D eigenvalue weighted by Gasteiger charge is -2.17. The Labute approximate surface area is 67.9 Å². The molecule has 0 atom stereocenters. The second kappa shape index (κ2) is 4.27. The van der Waals surface area contributed by atoms with Crippen LogP contribution in [-0.2, 0) is 4.74 Å². The van der Waals surface area contributed by atoms with Crippen molar-refractivity contribution in [3.05, 3.63) is 12.0 Å². The molecule has 64 valence electrons. The molecule has 1 saturated carbocycles. The predicted molar refractivity (Wildman–Crippen MR) is 44.3 cm³/mol.